The van der Waals surface area contributed by atoms with E-state index < -0.39 is 0 Å². The summed E-state index contributed by atoms with van der Waals surface area (Å²) in [7, 11) is 0. The summed E-state index contributed by atoms with van der Waals surface area (Å²) in [5.74, 6) is 1.86. The number of hydrogen-bond acceptors (Lipinski definition) is 6. The Balaban J connectivity index is 2.05. The van der Waals surface area contributed by atoms with Crippen LogP contribution in [0.4, 0.5) is 0 Å². The van der Waals surface area contributed by atoms with Crippen LogP contribution in [0.25, 0.3) is 0 Å². The second-order valence-corrected chi connectivity index (χ2v) is 2.39. The SMILES string of the molecule is [CH]1NN=C2C=C3OCOC3=NN12. The van der Waals surface area contributed by atoms with Crippen molar-refractivity contribution in [3.05, 3.63) is 18.5 Å². The monoisotopic (exact) mass is 165 g/mol. The number of hydrazone groups is 2. The van der Waals surface area contributed by atoms with Gasteiger partial charge in [0.1, 0.15) is 0 Å². The molecule has 6 nitrogen and oxygen atoms in total. The van der Waals surface area contributed by atoms with Crippen molar-refractivity contribution in [2.24, 2.45) is 10.2 Å². The topological polar surface area (TPSA) is 58.5 Å². The van der Waals surface area contributed by atoms with Crippen LogP contribution in [0.5, 0.6) is 0 Å². The molecule has 0 aliphatic carbocycles. The minimum Gasteiger partial charge on any atom is -0.452 e. The fraction of sp³-hybridized carbons (Fsp3) is 0.167. The molecule has 0 aromatic rings. The average Bonchev–Trinajstić information content (AvgIpc) is 2.64. The first-order valence-corrected chi connectivity index (χ1v) is 3.45. The zero-order valence-corrected chi connectivity index (χ0v) is 6.02. The van der Waals surface area contributed by atoms with E-state index in [2.05, 4.69) is 15.6 Å². The highest BCUT2D eigenvalue weighted by molar-refractivity contribution is 6.06. The van der Waals surface area contributed by atoms with E-state index in [1.165, 1.54) is 0 Å². The van der Waals surface area contributed by atoms with E-state index in [1.807, 2.05) is 0 Å². The van der Waals surface area contributed by atoms with E-state index in [0.29, 0.717) is 17.5 Å². The van der Waals surface area contributed by atoms with Crippen molar-refractivity contribution in [1.29, 1.82) is 0 Å². The maximum atomic E-state index is 5.12. The predicted octanol–water partition coefficient (Wildman–Crippen LogP) is -0.460. The molecule has 1 radical (unpaired) electrons. The number of rotatable bonds is 0. The molecule has 61 valence electrons. The zero-order chi connectivity index (χ0) is 7.97. The Bertz CT molecular complexity index is 320. The van der Waals surface area contributed by atoms with Crippen LogP contribution in [0.1, 0.15) is 0 Å². The number of hydrogen-bond donors (Lipinski definition) is 1. The van der Waals surface area contributed by atoms with E-state index in [-0.39, 0.29) is 6.79 Å². The van der Waals surface area contributed by atoms with Gasteiger partial charge in [-0.2, -0.15) is 5.10 Å². The Morgan fingerprint density at radius 3 is 3.50 bits per heavy atom. The van der Waals surface area contributed by atoms with E-state index in [9.17, 15) is 0 Å². The van der Waals surface area contributed by atoms with Crippen molar-refractivity contribution in [3.63, 3.8) is 0 Å². The van der Waals surface area contributed by atoms with Gasteiger partial charge in [0, 0.05) is 6.08 Å². The molecule has 3 heterocycles. The number of ether oxygens (including phenoxy) is 2. The molecule has 12 heavy (non-hydrogen) atoms. The molecule has 1 N–H and O–H groups in total. The van der Waals surface area contributed by atoms with E-state index >= 15 is 0 Å². The van der Waals surface area contributed by atoms with E-state index in [4.69, 9.17) is 9.47 Å². The van der Waals surface area contributed by atoms with Gasteiger partial charge in [0.15, 0.2) is 18.3 Å². The normalized spacial score (nSPS) is 24.0. The van der Waals surface area contributed by atoms with Gasteiger partial charge in [0.2, 0.25) is 6.79 Å². The van der Waals surface area contributed by atoms with Crippen LogP contribution in [0, 0.1) is 6.67 Å². The highest BCUT2D eigenvalue weighted by atomic mass is 16.7. The quantitative estimate of drug-likeness (QED) is 0.527. The molecule has 3 aliphatic heterocycles. The highest BCUT2D eigenvalue weighted by Gasteiger charge is 2.29. The predicted molar refractivity (Wildman–Crippen MR) is 39.3 cm³/mol. The summed E-state index contributed by atoms with van der Waals surface area (Å²) in [6, 6.07) is 0. The molecule has 0 aromatic heterocycles. The van der Waals surface area contributed by atoms with Gasteiger partial charge < -0.3 is 9.47 Å². The van der Waals surface area contributed by atoms with Crippen molar-refractivity contribution < 1.29 is 9.47 Å². The van der Waals surface area contributed by atoms with Gasteiger partial charge in [-0.15, -0.1) is 5.10 Å². The number of nitrogens with zero attached hydrogens (tertiary/aromatic N) is 3. The molecule has 3 rings (SSSR count). The van der Waals surface area contributed by atoms with Crippen molar-refractivity contribution in [2.75, 3.05) is 6.79 Å². The third-order valence-corrected chi connectivity index (χ3v) is 1.67. The van der Waals surface area contributed by atoms with Crippen LogP contribution in [0.15, 0.2) is 22.0 Å². The molecule has 0 saturated carbocycles. The number of fused-ring (bicyclic) bond motifs is 2. The lowest BCUT2D eigenvalue weighted by Crippen LogP contribution is -2.24. The molecule has 0 unspecified atom stereocenters. The third-order valence-electron chi connectivity index (χ3n) is 1.67. The Kier molecular flexibility index (Phi) is 0.931. The molecule has 0 spiro atoms. The van der Waals surface area contributed by atoms with Crippen molar-refractivity contribution in [2.45, 2.75) is 0 Å². The maximum absolute atomic E-state index is 5.12. The molecule has 0 atom stereocenters. The maximum Gasteiger partial charge on any atom is 0.277 e. The summed E-state index contributed by atoms with van der Waals surface area (Å²) in [4.78, 5) is 0. The summed E-state index contributed by atoms with van der Waals surface area (Å²) < 4.78 is 10.2. The van der Waals surface area contributed by atoms with Gasteiger partial charge in [0.25, 0.3) is 5.90 Å². The van der Waals surface area contributed by atoms with Gasteiger partial charge in [-0.25, -0.2) is 5.01 Å². The first-order valence-electron chi connectivity index (χ1n) is 3.45. The Hall–Kier alpha value is -1.72. The molecule has 1 fully saturated rings. The molecule has 3 aliphatic rings. The van der Waals surface area contributed by atoms with Crippen molar-refractivity contribution >= 4 is 11.7 Å². The fourth-order valence-corrected chi connectivity index (χ4v) is 1.12. The second kappa shape index (κ2) is 1.90. The van der Waals surface area contributed by atoms with Crippen molar-refractivity contribution in [1.82, 2.24) is 10.4 Å². The Morgan fingerprint density at radius 2 is 2.50 bits per heavy atom. The summed E-state index contributed by atoms with van der Waals surface area (Å²) in [5, 5.41) is 9.62. The average molecular weight is 165 g/mol. The molecule has 1 saturated heterocycles. The first kappa shape index (κ1) is 5.87. The van der Waals surface area contributed by atoms with Crippen LogP contribution in [-0.4, -0.2) is 23.5 Å². The standard InChI is InChI=1S/C6H5N4O2/c1-4-6(12-3-11-4)9-10-2-7-8-5(1)10/h1-2,7H,3H2. The van der Waals surface area contributed by atoms with Crippen LogP contribution in [-0.2, 0) is 9.47 Å². The molecular weight excluding hydrogens is 160 g/mol. The van der Waals surface area contributed by atoms with Gasteiger partial charge in [-0.05, 0) is 0 Å². The highest BCUT2D eigenvalue weighted by Crippen LogP contribution is 2.19. The number of amidine groups is 1. The van der Waals surface area contributed by atoms with E-state index in [0.717, 1.165) is 0 Å². The lowest BCUT2D eigenvalue weighted by Gasteiger charge is -2.13. The summed E-state index contributed by atoms with van der Waals surface area (Å²) in [6.45, 7) is 1.87. The molecule has 0 aromatic carbocycles. The number of nitrogens with one attached hydrogen (secondary N) is 1. The second-order valence-electron chi connectivity index (χ2n) is 2.39. The molecule has 0 bridgehead atoms. The van der Waals surface area contributed by atoms with Gasteiger partial charge in [0.05, 0.1) is 0 Å². The minimum absolute atomic E-state index is 0.235. The lowest BCUT2D eigenvalue weighted by atomic mass is 10.4. The summed E-state index contributed by atoms with van der Waals surface area (Å²) >= 11 is 0. The van der Waals surface area contributed by atoms with Crippen LogP contribution < -0.4 is 5.43 Å². The van der Waals surface area contributed by atoms with Gasteiger partial charge >= 0.3 is 0 Å². The lowest BCUT2D eigenvalue weighted by molar-refractivity contribution is 0.114. The van der Waals surface area contributed by atoms with Gasteiger partial charge in [-0.1, -0.05) is 0 Å². The van der Waals surface area contributed by atoms with Crippen molar-refractivity contribution in [3.8, 4) is 0 Å². The molecule has 6 heteroatoms. The largest absolute Gasteiger partial charge is 0.452 e. The minimum atomic E-state index is 0.235. The zero-order valence-electron chi connectivity index (χ0n) is 6.02. The first-order chi connectivity index (χ1) is 5.93. The van der Waals surface area contributed by atoms with Gasteiger partial charge in [-0.3, -0.25) is 5.43 Å². The molecule has 0 amide bonds. The van der Waals surface area contributed by atoms with E-state index in [1.54, 1.807) is 17.8 Å². The molecular formula is C6H5N4O2. The Morgan fingerprint density at radius 1 is 1.50 bits per heavy atom. The fourth-order valence-electron chi connectivity index (χ4n) is 1.12. The smallest absolute Gasteiger partial charge is 0.277 e. The summed E-state index contributed by atoms with van der Waals surface area (Å²) in [6.07, 6.45) is 1.77. The van der Waals surface area contributed by atoms with Crippen LogP contribution >= 0.6 is 0 Å². The third kappa shape index (κ3) is 0.635. The Labute approximate surface area is 68.1 Å². The van der Waals surface area contributed by atoms with Crippen LogP contribution in [0.3, 0.4) is 0 Å². The summed E-state index contributed by atoms with van der Waals surface area (Å²) in [5.41, 5.74) is 2.68. The van der Waals surface area contributed by atoms with Crippen LogP contribution in [0.2, 0.25) is 0 Å².